The number of carbonyl (C=O) groups is 4. The van der Waals surface area contributed by atoms with Crippen LogP contribution in [-0.2, 0) is 20.8 Å². The van der Waals surface area contributed by atoms with Crippen LogP contribution in [0.2, 0.25) is 0 Å². The van der Waals surface area contributed by atoms with Crippen LogP contribution in [-0.4, -0.2) is 93.1 Å². The van der Waals surface area contributed by atoms with Crippen molar-refractivity contribution in [3.8, 4) is 0 Å². The third-order valence-corrected chi connectivity index (χ3v) is 9.52. The Morgan fingerprint density at radius 2 is 1.84 bits per heavy atom. The fraction of sp³-hybridized carbons (Fsp3) is 0.615. The molecule has 0 spiro atoms. The zero-order chi connectivity index (χ0) is 27.4. The molecule has 2 aliphatic heterocycles. The lowest BCUT2D eigenvalue weighted by molar-refractivity contribution is -0.121. The second kappa shape index (κ2) is 12.5. The summed E-state index contributed by atoms with van der Waals surface area (Å²) >= 11 is -1.19. The van der Waals surface area contributed by atoms with Gasteiger partial charge in [-0.2, -0.15) is 0 Å². The van der Waals surface area contributed by atoms with Gasteiger partial charge >= 0.3 is 0 Å². The van der Waals surface area contributed by atoms with Crippen molar-refractivity contribution in [2.75, 3.05) is 32.5 Å². The van der Waals surface area contributed by atoms with Gasteiger partial charge in [-0.05, 0) is 57.1 Å². The summed E-state index contributed by atoms with van der Waals surface area (Å²) in [5, 5.41) is 5.94. The number of nitrogens with one attached hydrogen (secondary N) is 2. The maximum absolute atomic E-state index is 13.3. The van der Waals surface area contributed by atoms with E-state index in [1.807, 2.05) is 15.7 Å². The van der Waals surface area contributed by atoms with E-state index in [0.29, 0.717) is 12.0 Å². The Morgan fingerprint density at radius 3 is 2.47 bits per heavy atom. The van der Waals surface area contributed by atoms with E-state index >= 15 is 0 Å². The molecule has 0 bridgehead atoms. The molecule has 2 heterocycles. The van der Waals surface area contributed by atoms with Crippen LogP contribution in [0.25, 0.3) is 0 Å². The molecule has 4 rings (SSSR count). The molecule has 2 unspecified atom stereocenters. The zero-order valence-corrected chi connectivity index (χ0v) is 22.9. The van der Waals surface area contributed by atoms with Gasteiger partial charge in [0.1, 0.15) is 6.29 Å². The number of imide groups is 1. The van der Waals surface area contributed by atoms with Gasteiger partial charge in [-0.3, -0.25) is 19.3 Å². The molecule has 4 N–H and O–H groups in total. The predicted octanol–water partition coefficient (Wildman–Crippen LogP) is 1.03. The number of hydrogen-bond acceptors (Lipinski definition) is 7. The van der Waals surface area contributed by atoms with Gasteiger partial charge in [-0.25, -0.2) is 12.8 Å². The molecule has 38 heavy (non-hydrogen) atoms. The number of benzene rings is 1. The number of fused-ring (bicyclic) bond motifs is 1. The predicted molar refractivity (Wildman–Crippen MR) is 144 cm³/mol. The van der Waals surface area contributed by atoms with Crippen LogP contribution in [0, 0.1) is 0 Å². The summed E-state index contributed by atoms with van der Waals surface area (Å²) in [7, 11) is 3.41. The normalized spacial score (nSPS) is 24.3. The zero-order valence-electron chi connectivity index (χ0n) is 22.1. The average molecular weight is 547 g/mol. The SMILES string of the molecule is CNC(=O)CCC(C=O)N1C(=O)c2cccc(NC3CCC(N(C)S(=O)N4CCC(N)CC4)CC3)c2C1=O. The van der Waals surface area contributed by atoms with Gasteiger partial charge in [0, 0.05) is 57.4 Å². The van der Waals surface area contributed by atoms with E-state index in [2.05, 4.69) is 10.6 Å². The first-order valence-corrected chi connectivity index (χ1v) is 14.4. The molecular weight excluding hydrogens is 508 g/mol. The summed E-state index contributed by atoms with van der Waals surface area (Å²) in [6, 6.07) is 4.57. The molecule has 11 nitrogen and oxygen atoms in total. The summed E-state index contributed by atoms with van der Waals surface area (Å²) in [6.45, 7) is 1.49. The highest BCUT2D eigenvalue weighted by atomic mass is 32.2. The van der Waals surface area contributed by atoms with E-state index in [1.54, 1.807) is 18.2 Å². The van der Waals surface area contributed by atoms with Crippen LogP contribution in [0.3, 0.4) is 0 Å². The second-order valence-corrected chi connectivity index (χ2v) is 11.9. The molecule has 3 aliphatic rings. The van der Waals surface area contributed by atoms with E-state index < -0.39 is 29.0 Å². The fourth-order valence-electron chi connectivity index (χ4n) is 5.53. The number of aldehydes is 1. The Labute approximate surface area is 226 Å². The first kappa shape index (κ1) is 28.3. The highest BCUT2D eigenvalue weighted by Gasteiger charge is 2.42. The van der Waals surface area contributed by atoms with Gasteiger partial charge in [0.05, 0.1) is 17.2 Å². The lowest BCUT2D eigenvalue weighted by Gasteiger charge is -2.38. The quantitative estimate of drug-likeness (QED) is 0.294. The minimum atomic E-state index is -1.19. The number of anilines is 1. The van der Waals surface area contributed by atoms with Crippen molar-refractivity contribution in [3.63, 3.8) is 0 Å². The Kier molecular flexibility index (Phi) is 9.29. The minimum absolute atomic E-state index is 0.0339. The number of rotatable bonds is 10. The molecule has 1 aromatic carbocycles. The van der Waals surface area contributed by atoms with Gasteiger partial charge in [0.15, 0.2) is 11.2 Å². The maximum Gasteiger partial charge on any atom is 0.264 e. The number of piperidine rings is 1. The van der Waals surface area contributed by atoms with Crippen LogP contribution in [0.5, 0.6) is 0 Å². The number of carbonyl (C=O) groups excluding carboxylic acids is 4. The van der Waals surface area contributed by atoms with E-state index in [9.17, 15) is 23.4 Å². The molecule has 0 aromatic heterocycles. The highest BCUT2D eigenvalue weighted by Crippen LogP contribution is 2.34. The monoisotopic (exact) mass is 546 g/mol. The molecular formula is C26H38N6O5S. The van der Waals surface area contributed by atoms with Crippen LogP contribution in [0.15, 0.2) is 18.2 Å². The number of nitrogens with zero attached hydrogens (tertiary/aromatic N) is 3. The molecule has 3 amide bonds. The Morgan fingerprint density at radius 1 is 1.16 bits per heavy atom. The first-order chi connectivity index (χ1) is 18.2. The summed E-state index contributed by atoms with van der Waals surface area (Å²) in [5.74, 6) is -1.30. The van der Waals surface area contributed by atoms with E-state index in [0.717, 1.165) is 56.5 Å². The number of amides is 3. The summed E-state index contributed by atoms with van der Waals surface area (Å²) in [5.41, 5.74) is 7.09. The Bertz CT molecular complexity index is 1080. The van der Waals surface area contributed by atoms with Crippen molar-refractivity contribution >= 4 is 40.9 Å². The molecule has 1 saturated heterocycles. The van der Waals surface area contributed by atoms with Gasteiger partial charge in [0.2, 0.25) is 5.91 Å². The van der Waals surface area contributed by atoms with E-state index in [-0.39, 0.29) is 48.0 Å². The standard InChI is InChI=1S/C26H38N6O5S/c1-28-23(34)11-10-20(16-33)32-25(35)21-4-3-5-22(24(21)26(32)36)29-18-6-8-19(9-7-18)30(2)38(37)31-14-12-17(27)13-15-31/h3-5,16-20,29H,6-15,27H2,1-2H3,(H,28,34). The molecule has 0 radical (unpaired) electrons. The topological polar surface area (TPSA) is 145 Å². The van der Waals surface area contributed by atoms with Gasteiger partial charge < -0.3 is 21.2 Å². The van der Waals surface area contributed by atoms with Crippen molar-refractivity contribution in [1.82, 2.24) is 18.8 Å². The molecule has 1 aromatic rings. The number of hydrogen-bond donors (Lipinski definition) is 3. The highest BCUT2D eigenvalue weighted by molar-refractivity contribution is 7.80. The summed E-state index contributed by atoms with van der Waals surface area (Å²) in [6.07, 6.45) is 5.74. The summed E-state index contributed by atoms with van der Waals surface area (Å²) < 4.78 is 17.0. The van der Waals surface area contributed by atoms with Crippen molar-refractivity contribution in [2.24, 2.45) is 5.73 Å². The van der Waals surface area contributed by atoms with Crippen molar-refractivity contribution in [3.05, 3.63) is 29.3 Å². The molecule has 208 valence electrons. The third kappa shape index (κ3) is 5.98. The lowest BCUT2D eigenvalue weighted by Crippen LogP contribution is -2.48. The Balaban J connectivity index is 1.37. The second-order valence-electron chi connectivity index (χ2n) is 10.3. The van der Waals surface area contributed by atoms with E-state index in [1.165, 1.54) is 7.05 Å². The van der Waals surface area contributed by atoms with E-state index in [4.69, 9.17) is 5.73 Å². The average Bonchev–Trinajstić information content (AvgIpc) is 3.19. The van der Waals surface area contributed by atoms with Crippen molar-refractivity contribution in [2.45, 2.75) is 75.5 Å². The first-order valence-electron chi connectivity index (χ1n) is 13.3. The molecule has 12 heteroatoms. The van der Waals surface area contributed by atoms with Crippen LogP contribution < -0.4 is 16.4 Å². The van der Waals surface area contributed by atoms with Crippen LogP contribution in [0.4, 0.5) is 5.69 Å². The van der Waals surface area contributed by atoms with Crippen LogP contribution >= 0.6 is 0 Å². The molecule has 2 fully saturated rings. The number of nitrogens with two attached hydrogens (primary N) is 1. The van der Waals surface area contributed by atoms with Crippen molar-refractivity contribution < 1.29 is 23.4 Å². The maximum atomic E-state index is 13.3. The molecule has 1 saturated carbocycles. The smallest absolute Gasteiger partial charge is 0.264 e. The lowest BCUT2D eigenvalue weighted by atomic mass is 9.91. The van der Waals surface area contributed by atoms with Crippen molar-refractivity contribution in [1.29, 1.82) is 0 Å². The molecule has 1 aliphatic carbocycles. The summed E-state index contributed by atoms with van der Waals surface area (Å²) in [4.78, 5) is 50.8. The third-order valence-electron chi connectivity index (χ3n) is 7.92. The Hall–Kier alpha value is -2.67. The van der Waals surface area contributed by atoms with Crippen LogP contribution in [0.1, 0.15) is 72.1 Å². The van der Waals surface area contributed by atoms with Gasteiger partial charge in [-0.15, -0.1) is 0 Å². The van der Waals surface area contributed by atoms with Gasteiger partial charge in [0.25, 0.3) is 11.8 Å². The van der Waals surface area contributed by atoms with Gasteiger partial charge in [-0.1, -0.05) is 6.07 Å². The molecule has 2 atom stereocenters. The minimum Gasteiger partial charge on any atom is -0.382 e. The largest absolute Gasteiger partial charge is 0.382 e. The fourth-order valence-corrected chi connectivity index (χ4v) is 6.89.